The van der Waals surface area contributed by atoms with Crippen molar-refractivity contribution in [2.45, 2.75) is 262 Å². The van der Waals surface area contributed by atoms with Crippen molar-refractivity contribution in [3.8, 4) is 28.7 Å². The number of aromatic hydroxyl groups is 5. The van der Waals surface area contributed by atoms with E-state index >= 15 is 0 Å². The number of aliphatic hydroxyl groups excluding tert-OH is 5. The van der Waals surface area contributed by atoms with Crippen molar-refractivity contribution in [3.05, 3.63) is 148 Å². The predicted molar refractivity (Wildman–Crippen MR) is 362 cm³/mol. The summed E-state index contributed by atoms with van der Waals surface area (Å²) in [6.07, 6.45) is 25.8. The van der Waals surface area contributed by atoms with E-state index in [-0.39, 0.29) is 92.6 Å². The Labute approximate surface area is 553 Å². The molecule has 20 atom stereocenters. The van der Waals surface area contributed by atoms with E-state index in [2.05, 4.69) is 47.6 Å². The minimum absolute atomic E-state index is 0.0156. The van der Waals surface area contributed by atoms with Gasteiger partial charge in [-0.1, -0.05) is 77.1 Å². The molecule has 0 unspecified atom stereocenters. The van der Waals surface area contributed by atoms with E-state index in [1.165, 1.54) is 72.9 Å². The van der Waals surface area contributed by atoms with Crippen LogP contribution in [0.1, 0.15) is 258 Å². The highest BCUT2D eigenvalue weighted by Crippen LogP contribution is 2.60. The summed E-state index contributed by atoms with van der Waals surface area (Å²) in [5, 5.41) is 97.5. The van der Waals surface area contributed by atoms with Crippen LogP contribution >= 0.6 is 0 Å². The molecule has 0 bridgehead atoms. The Morgan fingerprint density at radius 1 is 0.290 bits per heavy atom. The third-order valence-corrected chi connectivity index (χ3v) is 27.7. The van der Waals surface area contributed by atoms with Gasteiger partial charge in [-0.25, -0.2) is 8.78 Å². The number of aryl methyl sites for hydroxylation is 1. The molecular formula is C81H110F2O10. The second-order valence-electron chi connectivity index (χ2n) is 32.5. The predicted octanol–water partition coefficient (Wildman–Crippen LogP) is 17.8. The molecule has 10 fully saturated rings. The molecule has 93 heavy (non-hydrogen) atoms. The Morgan fingerprint density at radius 2 is 0.527 bits per heavy atom. The maximum atomic E-state index is 13.9. The average Bonchev–Trinajstić information content (AvgIpc) is 1.64. The summed E-state index contributed by atoms with van der Waals surface area (Å²) in [5.74, 6) is 5.67. The van der Waals surface area contributed by atoms with Crippen LogP contribution in [0.3, 0.4) is 0 Å². The smallest absolute Gasteiger partial charge is 0.130 e. The molecule has 10 N–H and O–H groups in total. The van der Waals surface area contributed by atoms with Gasteiger partial charge in [0.15, 0.2) is 0 Å². The van der Waals surface area contributed by atoms with Crippen LogP contribution in [0.25, 0.3) is 0 Å². The lowest BCUT2D eigenvalue weighted by atomic mass is 9.64. The number of phenolic OH excluding ortho intramolecular Hbond substituents is 5. The quantitative estimate of drug-likeness (QED) is 0.0807. The monoisotopic (exact) mass is 1280 g/mol. The lowest BCUT2D eigenvalue weighted by molar-refractivity contribution is 0.00837. The van der Waals surface area contributed by atoms with Gasteiger partial charge in [0.25, 0.3) is 0 Å². The number of phenols is 5. The van der Waals surface area contributed by atoms with Crippen molar-refractivity contribution in [1.82, 2.24) is 0 Å². The molecule has 5 aromatic rings. The molecular weight excluding hydrogens is 1170 g/mol. The van der Waals surface area contributed by atoms with E-state index in [4.69, 9.17) is 0 Å². The van der Waals surface area contributed by atoms with E-state index in [0.29, 0.717) is 64.6 Å². The largest absolute Gasteiger partial charge is 0.508 e. The maximum absolute atomic E-state index is 13.9. The molecule has 0 radical (unpaired) electrons. The Balaban J connectivity index is 0.000000119. The Morgan fingerprint density at radius 3 is 0.806 bits per heavy atom. The van der Waals surface area contributed by atoms with E-state index in [1.807, 2.05) is 30.3 Å². The van der Waals surface area contributed by atoms with Crippen molar-refractivity contribution < 1.29 is 59.8 Å². The van der Waals surface area contributed by atoms with E-state index in [9.17, 15) is 59.8 Å². The van der Waals surface area contributed by atoms with Crippen LogP contribution in [0, 0.1) is 75.2 Å². The number of aliphatic hydroxyl groups is 5. The third kappa shape index (κ3) is 14.3. The minimum atomic E-state index is -0.299. The summed E-state index contributed by atoms with van der Waals surface area (Å²) in [6.45, 7) is 13.3. The number of halogens is 2. The molecule has 0 spiro atoms. The number of rotatable bonds is 5. The van der Waals surface area contributed by atoms with Gasteiger partial charge in [-0.2, -0.15) is 0 Å². The number of benzene rings is 5. The topological polar surface area (TPSA) is 202 Å². The summed E-state index contributed by atoms with van der Waals surface area (Å²) >= 11 is 0. The van der Waals surface area contributed by atoms with Gasteiger partial charge in [0.05, 0.1) is 30.5 Å². The highest BCUT2D eigenvalue weighted by Gasteiger charge is 2.53. The van der Waals surface area contributed by atoms with Gasteiger partial charge in [0.2, 0.25) is 0 Å². The van der Waals surface area contributed by atoms with Crippen molar-refractivity contribution in [3.63, 3.8) is 0 Å². The van der Waals surface area contributed by atoms with Crippen LogP contribution in [-0.4, -0.2) is 81.6 Å². The van der Waals surface area contributed by atoms with Gasteiger partial charge in [-0.3, -0.25) is 0 Å². The van der Waals surface area contributed by atoms with Crippen molar-refractivity contribution >= 4 is 0 Å². The summed E-state index contributed by atoms with van der Waals surface area (Å²) < 4.78 is 27.9. The first-order valence-electron chi connectivity index (χ1n) is 35.9. The highest BCUT2D eigenvalue weighted by molar-refractivity contribution is 5.38. The van der Waals surface area contributed by atoms with Gasteiger partial charge in [-0.05, 0) is 336 Å². The Hall–Kier alpha value is -5.24. The zero-order valence-electron chi connectivity index (χ0n) is 56.4. The standard InChI is InChI=1S/C17H24O2.2C16H21FO2.2C16H22O2/c1-11-9-14(18)4-5-15(11)12-7-8-17(2)13(10-12)3-6-16(17)19;2*1-16-7-6-10(8-11(16)2-5-15(16)19)13-4-3-12(18)9-14(13)17;2*1-16-9-8-12(10-13(16)4-7-15(16)18)11-2-5-14(17)6-3-11/h4-5,9,12-13,16,18-19H,3,6-8,10H2,1-2H3;2*3-4,9-11,15,18-19H,2,5-8H2,1H3;2*2-3,5-6,12-13,15,17-18H,4,7-10H2,1H3/t12-,13+,16-,17-;10-,11+,15-,16-;10-,11-,15+,16+;12-,13+,15-,16-;12-,13-,15+,16+/m00101/s1. The number of hydrogen-bond acceptors (Lipinski definition) is 10. The lowest BCUT2D eigenvalue weighted by Gasteiger charge is -2.42. The summed E-state index contributed by atoms with van der Waals surface area (Å²) in [4.78, 5) is 0. The second-order valence-corrected chi connectivity index (χ2v) is 32.5. The Bertz CT molecular complexity index is 3030. The fraction of sp³-hybridized carbons (Fsp3) is 0.630. The second kappa shape index (κ2) is 28.1. The SMILES string of the molecule is C[C@]12CC[C@@H](c3ccc(O)cc3)C[C@H]1CC[C@@H]2O.C[C@]12CC[C@@H](c3ccc(O)cc3F)C[C@H]1CC[C@@H]2O.C[C@]12CC[C@H](c3ccc(O)cc3)C[C@H]1CC[C@@H]2O.C[C@]12CC[C@H](c3ccc(O)cc3F)C[C@H]1CC[C@@H]2O.Cc1cc(O)ccc1[C@H]1CC[C@@]2(C)[C@H](CC[C@@H]2O)C1. The van der Waals surface area contributed by atoms with Gasteiger partial charge >= 0.3 is 0 Å². The van der Waals surface area contributed by atoms with Gasteiger partial charge < -0.3 is 51.1 Å². The molecule has 10 aliphatic carbocycles. The molecule has 0 heterocycles. The van der Waals surface area contributed by atoms with Crippen molar-refractivity contribution in [2.75, 3.05) is 0 Å². The lowest BCUT2D eigenvalue weighted by Crippen LogP contribution is -2.37. The van der Waals surface area contributed by atoms with Gasteiger partial charge in [-0.15, -0.1) is 0 Å². The van der Waals surface area contributed by atoms with Crippen LogP contribution in [0.4, 0.5) is 8.78 Å². The molecule has 10 aliphatic rings. The maximum Gasteiger partial charge on any atom is 0.130 e. The van der Waals surface area contributed by atoms with E-state index in [1.54, 1.807) is 54.6 Å². The van der Waals surface area contributed by atoms with Crippen molar-refractivity contribution in [2.24, 2.45) is 56.7 Å². The normalized spacial score (nSPS) is 38.7. The van der Waals surface area contributed by atoms with Crippen molar-refractivity contribution in [1.29, 1.82) is 0 Å². The zero-order chi connectivity index (χ0) is 66.4. The molecule has 0 aliphatic heterocycles. The summed E-state index contributed by atoms with van der Waals surface area (Å²) in [6, 6.07) is 30.1. The fourth-order valence-electron chi connectivity index (χ4n) is 20.7. The first-order chi connectivity index (χ1) is 44.2. The Kier molecular flexibility index (Phi) is 20.9. The first kappa shape index (κ1) is 69.1. The molecule has 15 rings (SSSR count). The molecule has 12 heteroatoms. The van der Waals surface area contributed by atoms with Crippen LogP contribution in [-0.2, 0) is 0 Å². The molecule has 0 saturated heterocycles. The summed E-state index contributed by atoms with van der Waals surface area (Å²) in [5.41, 5.74) is 7.26. The molecule has 10 nitrogen and oxygen atoms in total. The summed E-state index contributed by atoms with van der Waals surface area (Å²) in [7, 11) is 0. The number of hydrogen-bond donors (Lipinski definition) is 10. The number of fused-ring (bicyclic) bond motifs is 5. The van der Waals surface area contributed by atoms with Crippen LogP contribution in [0.5, 0.6) is 28.7 Å². The fourth-order valence-corrected chi connectivity index (χ4v) is 20.7. The molecule has 10 saturated carbocycles. The van der Waals surface area contributed by atoms with E-state index in [0.717, 1.165) is 133 Å². The van der Waals surface area contributed by atoms with Crippen LogP contribution < -0.4 is 0 Å². The molecule has 508 valence electrons. The third-order valence-electron chi connectivity index (χ3n) is 27.7. The van der Waals surface area contributed by atoms with Gasteiger partial charge in [0.1, 0.15) is 40.4 Å². The minimum Gasteiger partial charge on any atom is -0.508 e. The van der Waals surface area contributed by atoms with Crippen LogP contribution in [0.2, 0.25) is 0 Å². The van der Waals surface area contributed by atoms with Gasteiger partial charge in [0, 0.05) is 12.1 Å². The average molecular weight is 1280 g/mol. The van der Waals surface area contributed by atoms with E-state index < -0.39 is 0 Å². The molecule has 0 aromatic heterocycles. The molecule has 0 amide bonds. The first-order valence-corrected chi connectivity index (χ1v) is 35.9. The molecule has 5 aromatic carbocycles. The highest BCUT2D eigenvalue weighted by atomic mass is 19.1. The van der Waals surface area contributed by atoms with Crippen LogP contribution in [0.15, 0.2) is 103 Å². The zero-order valence-corrected chi connectivity index (χ0v) is 56.4.